The zero-order valence-corrected chi connectivity index (χ0v) is 17.7. The van der Waals surface area contributed by atoms with Crippen LogP contribution < -0.4 is 21.7 Å². The monoisotopic (exact) mass is 432 g/mol. The third-order valence-electron chi connectivity index (χ3n) is 4.31. The van der Waals surface area contributed by atoms with Gasteiger partial charge in [0.15, 0.2) is 0 Å². The second-order valence-electron chi connectivity index (χ2n) is 6.50. The van der Waals surface area contributed by atoms with E-state index in [1.807, 2.05) is 6.07 Å². The molecule has 0 bridgehead atoms. The van der Waals surface area contributed by atoms with Crippen LogP contribution in [-0.2, 0) is 6.42 Å². The maximum atomic E-state index is 6.12. The Labute approximate surface area is 177 Å². The number of hydrogen-bond donors (Lipinski definition) is 3. The summed E-state index contributed by atoms with van der Waals surface area (Å²) in [6.07, 6.45) is 4.10. The largest absolute Gasteiger partial charge is 0.397 e. The van der Waals surface area contributed by atoms with Gasteiger partial charge in [-0.05, 0) is 37.5 Å². The molecule has 1 saturated heterocycles. The number of nitrogen functional groups attached to an aromatic ring is 1. The molecule has 3 rings (SSSR count). The molecule has 1 aromatic heterocycles. The molecule has 27 heavy (non-hydrogen) atoms. The summed E-state index contributed by atoms with van der Waals surface area (Å²) >= 11 is 5.99. The fraction of sp³-hybridized carbons (Fsp3) is 0.444. The van der Waals surface area contributed by atoms with Gasteiger partial charge < -0.3 is 21.7 Å². The lowest BCUT2D eigenvalue weighted by Crippen LogP contribution is -2.43. The van der Waals surface area contributed by atoms with Crippen molar-refractivity contribution in [3.8, 4) is 0 Å². The van der Waals surface area contributed by atoms with Gasteiger partial charge in [-0.1, -0.05) is 24.9 Å². The zero-order valence-electron chi connectivity index (χ0n) is 15.3. The molecule has 5 N–H and O–H groups in total. The highest BCUT2D eigenvalue weighted by Gasteiger charge is 2.19. The maximum absolute atomic E-state index is 6.12. The SMILES string of the molecule is CCCc1cc(N2CCC[C@@H](N)C2)nc(Nc2ccc(Cl)c(N)c2)n1.Cl.Cl. The first kappa shape index (κ1) is 23.6. The van der Waals surface area contributed by atoms with E-state index in [1.54, 1.807) is 12.1 Å². The summed E-state index contributed by atoms with van der Waals surface area (Å²) in [4.78, 5) is 11.6. The normalized spacial score (nSPS) is 16.3. The lowest BCUT2D eigenvalue weighted by molar-refractivity contribution is 0.503. The third-order valence-corrected chi connectivity index (χ3v) is 4.65. The minimum atomic E-state index is 0. The van der Waals surface area contributed by atoms with Crippen molar-refractivity contribution < 1.29 is 0 Å². The fourth-order valence-electron chi connectivity index (χ4n) is 3.05. The van der Waals surface area contributed by atoms with Gasteiger partial charge in [0.25, 0.3) is 0 Å². The average molecular weight is 434 g/mol. The summed E-state index contributed by atoms with van der Waals surface area (Å²) in [5.41, 5.74) is 14.4. The molecule has 2 heterocycles. The molecular weight excluding hydrogens is 407 g/mol. The van der Waals surface area contributed by atoms with Gasteiger partial charge in [0.1, 0.15) is 5.82 Å². The van der Waals surface area contributed by atoms with Crippen LogP contribution in [0.4, 0.5) is 23.1 Å². The highest BCUT2D eigenvalue weighted by atomic mass is 35.5. The molecule has 6 nitrogen and oxygen atoms in total. The molecule has 9 heteroatoms. The first-order chi connectivity index (χ1) is 12.0. The van der Waals surface area contributed by atoms with Gasteiger partial charge in [0, 0.05) is 36.6 Å². The Hall–Kier alpha value is -1.47. The number of nitrogens with two attached hydrogens (primary N) is 2. The summed E-state index contributed by atoms with van der Waals surface area (Å²) in [5.74, 6) is 1.50. The van der Waals surface area contributed by atoms with E-state index in [1.165, 1.54) is 0 Å². The van der Waals surface area contributed by atoms with Crippen LogP contribution in [0, 0.1) is 0 Å². The Kier molecular flexibility index (Phi) is 9.39. The van der Waals surface area contributed by atoms with Crippen molar-refractivity contribution in [2.75, 3.05) is 29.0 Å². The predicted octanol–water partition coefficient (Wildman–Crippen LogP) is 4.18. The van der Waals surface area contributed by atoms with Crippen LogP contribution in [0.1, 0.15) is 31.9 Å². The zero-order chi connectivity index (χ0) is 17.8. The number of rotatable bonds is 5. The van der Waals surface area contributed by atoms with E-state index in [0.29, 0.717) is 16.7 Å². The summed E-state index contributed by atoms with van der Waals surface area (Å²) in [5, 5.41) is 3.78. The molecule has 1 atom stereocenters. The van der Waals surface area contributed by atoms with Crippen molar-refractivity contribution in [1.29, 1.82) is 0 Å². The molecule has 0 aliphatic carbocycles. The first-order valence-corrected chi connectivity index (χ1v) is 9.13. The van der Waals surface area contributed by atoms with Gasteiger partial charge in [-0.15, -0.1) is 24.8 Å². The quantitative estimate of drug-likeness (QED) is 0.612. The van der Waals surface area contributed by atoms with Crippen LogP contribution in [0.2, 0.25) is 5.02 Å². The number of hydrogen-bond acceptors (Lipinski definition) is 6. The van der Waals surface area contributed by atoms with Gasteiger partial charge in [-0.25, -0.2) is 4.98 Å². The van der Waals surface area contributed by atoms with E-state index in [0.717, 1.165) is 56.0 Å². The first-order valence-electron chi connectivity index (χ1n) is 8.75. The molecular formula is C18H27Cl3N6. The van der Waals surface area contributed by atoms with Crippen LogP contribution in [0.25, 0.3) is 0 Å². The lowest BCUT2D eigenvalue weighted by Gasteiger charge is -2.32. The van der Waals surface area contributed by atoms with E-state index in [2.05, 4.69) is 28.2 Å². The number of aromatic nitrogens is 2. The molecule has 1 fully saturated rings. The fourth-order valence-corrected chi connectivity index (χ4v) is 3.17. The molecule has 0 saturated carbocycles. The average Bonchev–Trinajstić information content (AvgIpc) is 2.58. The molecule has 0 unspecified atom stereocenters. The Bertz CT molecular complexity index is 743. The summed E-state index contributed by atoms with van der Waals surface area (Å²) < 4.78 is 0. The lowest BCUT2D eigenvalue weighted by atomic mass is 10.1. The highest BCUT2D eigenvalue weighted by molar-refractivity contribution is 6.33. The van der Waals surface area contributed by atoms with Crippen molar-refractivity contribution in [2.45, 2.75) is 38.6 Å². The van der Waals surface area contributed by atoms with Crippen molar-refractivity contribution in [2.24, 2.45) is 5.73 Å². The van der Waals surface area contributed by atoms with Crippen LogP contribution in [-0.4, -0.2) is 29.1 Å². The van der Waals surface area contributed by atoms with E-state index in [-0.39, 0.29) is 30.9 Å². The number of benzene rings is 1. The minimum Gasteiger partial charge on any atom is -0.397 e. The third kappa shape index (κ3) is 6.28. The smallest absolute Gasteiger partial charge is 0.229 e. The van der Waals surface area contributed by atoms with Crippen molar-refractivity contribution in [3.63, 3.8) is 0 Å². The Morgan fingerprint density at radius 3 is 2.70 bits per heavy atom. The maximum Gasteiger partial charge on any atom is 0.229 e. The number of nitrogens with zero attached hydrogens (tertiary/aromatic N) is 3. The van der Waals surface area contributed by atoms with E-state index in [9.17, 15) is 0 Å². The second kappa shape index (κ2) is 10.8. The topological polar surface area (TPSA) is 93.1 Å². The van der Waals surface area contributed by atoms with Crippen LogP contribution in [0.15, 0.2) is 24.3 Å². The molecule has 0 radical (unpaired) electrons. The van der Waals surface area contributed by atoms with Gasteiger partial charge in [0.2, 0.25) is 5.95 Å². The van der Waals surface area contributed by atoms with Gasteiger partial charge in [-0.3, -0.25) is 0 Å². The van der Waals surface area contributed by atoms with Gasteiger partial charge in [0.05, 0.1) is 10.7 Å². The summed E-state index contributed by atoms with van der Waals surface area (Å²) in [7, 11) is 0. The Morgan fingerprint density at radius 2 is 2.04 bits per heavy atom. The summed E-state index contributed by atoms with van der Waals surface area (Å²) in [6.45, 7) is 3.95. The van der Waals surface area contributed by atoms with Crippen LogP contribution >= 0.6 is 36.4 Å². The van der Waals surface area contributed by atoms with Crippen LogP contribution in [0.3, 0.4) is 0 Å². The molecule has 1 aliphatic rings. The Morgan fingerprint density at radius 1 is 1.26 bits per heavy atom. The molecule has 2 aromatic rings. The minimum absolute atomic E-state index is 0. The molecule has 1 aliphatic heterocycles. The number of halogens is 3. The van der Waals surface area contributed by atoms with E-state index in [4.69, 9.17) is 28.1 Å². The van der Waals surface area contributed by atoms with E-state index >= 15 is 0 Å². The Balaban J connectivity index is 0.00000182. The van der Waals surface area contributed by atoms with Gasteiger partial charge in [-0.2, -0.15) is 4.98 Å². The second-order valence-corrected chi connectivity index (χ2v) is 6.91. The predicted molar refractivity (Wildman–Crippen MR) is 119 cm³/mol. The molecule has 0 amide bonds. The number of piperidine rings is 1. The molecule has 0 spiro atoms. The van der Waals surface area contributed by atoms with Crippen molar-refractivity contribution in [3.05, 3.63) is 35.0 Å². The number of anilines is 4. The van der Waals surface area contributed by atoms with Crippen LogP contribution in [0.5, 0.6) is 0 Å². The number of aryl methyl sites for hydroxylation is 1. The molecule has 1 aromatic carbocycles. The van der Waals surface area contributed by atoms with Crippen molar-refractivity contribution >= 4 is 59.6 Å². The standard InChI is InChI=1S/C18H25ClN6.2ClH/c1-2-4-13-10-17(25-8-3-5-12(20)11-25)24-18(22-13)23-14-6-7-15(19)16(21)9-14;;/h6-7,9-10,12H,2-5,8,11,20-21H2,1H3,(H,22,23,24);2*1H/t12-;;/m1../s1. The van der Waals surface area contributed by atoms with E-state index < -0.39 is 0 Å². The highest BCUT2D eigenvalue weighted by Crippen LogP contribution is 2.26. The van der Waals surface area contributed by atoms with Crippen molar-refractivity contribution in [1.82, 2.24) is 9.97 Å². The number of nitrogens with one attached hydrogen (secondary N) is 1. The molecule has 150 valence electrons. The van der Waals surface area contributed by atoms with Gasteiger partial charge >= 0.3 is 0 Å². The summed E-state index contributed by atoms with van der Waals surface area (Å²) in [6, 6.07) is 7.69.